The summed E-state index contributed by atoms with van der Waals surface area (Å²) in [5, 5.41) is 13.0. The van der Waals surface area contributed by atoms with Crippen molar-refractivity contribution in [3.05, 3.63) is 11.7 Å². The Bertz CT molecular complexity index is 421. The lowest BCUT2D eigenvalue weighted by molar-refractivity contribution is -0.0740. The number of nitrogens with two attached hydrogens (primary N) is 1. The number of aliphatic hydroxyl groups is 1. The second-order valence-electron chi connectivity index (χ2n) is 6.11. The summed E-state index contributed by atoms with van der Waals surface area (Å²) in [6.45, 7) is 4.31. The lowest BCUT2D eigenvalue weighted by atomic mass is 9.70. The molecular formula is C13H23N3O3. The molecule has 1 aromatic rings. The number of hydrogen-bond donors (Lipinski definition) is 2. The molecule has 1 aliphatic carbocycles. The molecule has 6 nitrogen and oxygen atoms in total. The smallest absolute Gasteiger partial charge is 0.246 e. The lowest BCUT2D eigenvalue weighted by Crippen LogP contribution is -2.37. The van der Waals surface area contributed by atoms with Crippen molar-refractivity contribution in [1.29, 1.82) is 0 Å². The van der Waals surface area contributed by atoms with Gasteiger partial charge in [0, 0.05) is 7.11 Å². The van der Waals surface area contributed by atoms with Crippen LogP contribution in [0.4, 0.5) is 0 Å². The Kier molecular flexibility index (Phi) is 3.94. The summed E-state index contributed by atoms with van der Waals surface area (Å²) < 4.78 is 10.8. The van der Waals surface area contributed by atoms with Crippen LogP contribution >= 0.6 is 0 Å². The van der Waals surface area contributed by atoms with Crippen molar-refractivity contribution in [2.45, 2.75) is 51.2 Å². The van der Waals surface area contributed by atoms with Gasteiger partial charge in [0.1, 0.15) is 11.6 Å². The Hall–Kier alpha value is -0.980. The van der Waals surface area contributed by atoms with Crippen LogP contribution < -0.4 is 5.73 Å². The van der Waals surface area contributed by atoms with Crippen molar-refractivity contribution in [2.75, 3.05) is 13.7 Å². The van der Waals surface area contributed by atoms with Gasteiger partial charge in [-0.3, -0.25) is 0 Å². The summed E-state index contributed by atoms with van der Waals surface area (Å²) >= 11 is 0. The first-order valence-corrected chi connectivity index (χ1v) is 6.68. The van der Waals surface area contributed by atoms with E-state index in [0.29, 0.717) is 11.2 Å². The third kappa shape index (κ3) is 2.80. The van der Waals surface area contributed by atoms with Gasteiger partial charge in [-0.05, 0) is 31.1 Å². The van der Waals surface area contributed by atoms with E-state index in [2.05, 4.69) is 24.0 Å². The highest BCUT2D eigenvalue weighted by Gasteiger charge is 2.43. The van der Waals surface area contributed by atoms with Crippen molar-refractivity contribution in [1.82, 2.24) is 10.1 Å². The molecule has 19 heavy (non-hydrogen) atoms. The van der Waals surface area contributed by atoms with Gasteiger partial charge in [-0.1, -0.05) is 19.0 Å². The molecule has 0 aliphatic heterocycles. The summed E-state index contributed by atoms with van der Waals surface area (Å²) in [6, 6.07) is -0.629. The molecule has 0 bridgehead atoms. The van der Waals surface area contributed by atoms with Crippen molar-refractivity contribution in [2.24, 2.45) is 11.1 Å². The Balaban J connectivity index is 2.20. The first-order valence-electron chi connectivity index (χ1n) is 6.68. The van der Waals surface area contributed by atoms with Gasteiger partial charge in [0.15, 0.2) is 0 Å². The van der Waals surface area contributed by atoms with E-state index in [1.165, 1.54) is 0 Å². The third-order valence-electron chi connectivity index (χ3n) is 4.17. The van der Waals surface area contributed by atoms with Crippen LogP contribution in [0.25, 0.3) is 0 Å². The molecule has 3 N–H and O–H groups in total. The Morgan fingerprint density at radius 2 is 2.00 bits per heavy atom. The SMILES string of the molecule is COC1(c2noc([C@H](N)CO)n2)CCC(C)(C)CC1. The summed E-state index contributed by atoms with van der Waals surface area (Å²) in [5.41, 5.74) is 5.53. The van der Waals surface area contributed by atoms with E-state index < -0.39 is 11.6 Å². The molecule has 1 saturated carbocycles. The number of aliphatic hydroxyl groups excluding tert-OH is 1. The van der Waals surface area contributed by atoms with Gasteiger partial charge in [-0.2, -0.15) is 4.98 Å². The predicted molar refractivity (Wildman–Crippen MR) is 69.2 cm³/mol. The fourth-order valence-electron chi connectivity index (χ4n) is 2.50. The van der Waals surface area contributed by atoms with Crippen LogP contribution in [0.2, 0.25) is 0 Å². The molecule has 2 rings (SSSR count). The molecule has 0 radical (unpaired) electrons. The van der Waals surface area contributed by atoms with Crippen LogP contribution in [0.3, 0.4) is 0 Å². The van der Waals surface area contributed by atoms with Crippen molar-refractivity contribution >= 4 is 0 Å². The maximum absolute atomic E-state index is 9.01. The van der Waals surface area contributed by atoms with Crippen molar-refractivity contribution < 1.29 is 14.4 Å². The van der Waals surface area contributed by atoms with Gasteiger partial charge in [-0.15, -0.1) is 0 Å². The van der Waals surface area contributed by atoms with Crippen molar-refractivity contribution in [3.63, 3.8) is 0 Å². The Morgan fingerprint density at radius 3 is 2.53 bits per heavy atom. The first-order chi connectivity index (χ1) is 8.92. The minimum absolute atomic E-state index is 0.214. The summed E-state index contributed by atoms with van der Waals surface area (Å²) in [4.78, 5) is 4.31. The molecule has 1 aromatic heterocycles. The molecule has 0 amide bonds. The van der Waals surface area contributed by atoms with E-state index in [1.807, 2.05) is 0 Å². The van der Waals surface area contributed by atoms with E-state index in [-0.39, 0.29) is 12.5 Å². The largest absolute Gasteiger partial charge is 0.394 e. The van der Waals surface area contributed by atoms with Gasteiger partial charge in [0.25, 0.3) is 0 Å². The summed E-state index contributed by atoms with van der Waals surface area (Å²) in [6.07, 6.45) is 3.83. The number of hydrogen-bond acceptors (Lipinski definition) is 6. The van der Waals surface area contributed by atoms with Gasteiger partial charge in [-0.25, -0.2) is 0 Å². The quantitative estimate of drug-likeness (QED) is 0.860. The molecule has 108 valence electrons. The standard InChI is InChI=1S/C13H23N3O3/c1-12(2)4-6-13(18-3,7-5-12)11-15-10(19-16-11)9(14)8-17/h9,17H,4-8,14H2,1-3H3/t9-/m1/s1. The van der Waals surface area contributed by atoms with E-state index in [9.17, 15) is 0 Å². The maximum atomic E-state index is 9.01. The molecule has 0 unspecified atom stereocenters. The van der Waals surface area contributed by atoms with Crippen LogP contribution in [-0.2, 0) is 10.3 Å². The fourth-order valence-corrected chi connectivity index (χ4v) is 2.50. The number of rotatable bonds is 4. The highest BCUT2D eigenvalue weighted by atomic mass is 16.5. The number of nitrogens with zero attached hydrogens (tertiary/aromatic N) is 2. The molecule has 0 aromatic carbocycles. The Labute approximate surface area is 113 Å². The highest BCUT2D eigenvalue weighted by molar-refractivity contribution is 5.06. The molecule has 1 fully saturated rings. The first kappa shape index (κ1) is 14.4. The van der Waals surface area contributed by atoms with Gasteiger partial charge in [0.05, 0.1) is 6.61 Å². The topological polar surface area (TPSA) is 94.4 Å². The molecule has 0 spiro atoms. The predicted octanol–water partition coefficient (Wildman–Crippen LogP) is 1.50. The zero-order chi connectivity index (χ0) is 14.1. The summed E-state index contributed by atoms with van der Waals surface area (Å²) in [7, 11) is 1.68. The van der Waals surface area contributed by atoms with Gasteiger partial charge in [0.2, 0.25) is 11.7 Å². The second-order valence-corrected chi connectivity index (χ2v) is 6.11. The van der Waals surface area contributed by atoms with E-state index in [4.69, 9.17) is 20.1 Å². The maximum Gasteiger partial charge on any atom is 0.246 e. The van der Waals surface area contributed by atoms with Crippen molar-refractivity contribution in [3.8, 4) is 0 Å². The lowest BCUT2D eigenvalue weighted by Gasteiger charge is -2.40. The molecule has 1 aliphatic rings. The minimum atomic E-state index is -0.629. The second kappa shape index (κ2) is 5.19. The monoisotopic (exact) mass is 269 g/mol. The average molecular weight is 269 g/mol. The molecule has 0 saturated heterocycles. The van der Waals surface area contributed by atoms with E-state index in [0.717, 1.165) is 25.7 Å². The minimum Gasteiger partial charge on any atom is -0.394 e. The Morgan fingerprint density at radius 1 is 1.37 bits per heavy atom. The van der Waals surface area contributed by atoms with Crippen LogP contribution in [0.15, 0.2) is 4.52 Å². The van der Waals surface area contributed by atoms with E-state index >= 15 is 0 Å². The zero-order valence-corrected chi connectivity index (χ0v) is 11.8. The highest BCUT2D eigenvalue weighted by Crippen LogP contribution is 2.46. The average Bonchev–Trinajstić information content (AvgIpc) is 2.89. The van der Waals surface area contributed by atoms with Crippen LogP contribution in [0.1, 0.15) is 57.3 Å². The molecule has 1 heterocycles. The molecule has 6 heteroatoms. The molecule has 1 atom stereocenters. The number of aromatic nitrogens is 2. The zero-order valence-electron chi connectivity index (χ0n) is 11.8. The fraction of sp³-hybridized carbons (Fsp3) is 0.846. The third-order valence-corrected chi connectivity index (χ3v) is 4.17. The van der Waals surface area contributed by atoms with E-state index in [1.54, 1.807) is 7.11 Å². The summed E-state index contributed by atoms with van der Waals surface area (Å²) in [5.74, 6) is 0.808. The molecular weight excluding hydrogens is 246 g/mol. The van der Waals surface area contributed by atoms with Gasteiger partial charge < -0.3 is 20.1 Å². The number of methoxy groups -OCH3 is 1. The van der Waals surface area contributed by atoms with Gasteiger partial charge >= 0.3 is 0 Å². The van der Waals surface area contributed by atoms with Crippen LogP contribution in [0.5, 0.6) is 0 Å². The number of ether oxygens (including phenoxy) is 1. The van der Waals surface area contributed by atoms with Crippen LogP contribution in [0, 0.1) is 5.41 Å². The van der Waals surface area contributed by atoms with Crippen LogP contribution in [-0.4, -0.2) is 29.0 Å². The normalized spacial score (nSPS) is 23.2.